The van der Waals surface area contributed by atoms with E-state index in [0.29, 0.717) is 5.84 Å². The molecule has 1 aromatic rings. The lowest BCUT2D eigenvalue weighted by Crippen LogP contribution is -1.95. The van der Waals surface area contributed by atoms with Gasteiger partial charge in [-0.2, -0.15) is 0 Å². The van der Waals surface area contributed by atoms with Crippen LogP contribution in [0.1, 0.15) is 5.56 Å². The Labute approximate surface area is 89.0 Å². The number of nitrogens with zero attached hydrogens (tertiary/aromatic N) is 4. The minimum absolute atomic E-state index is 0.508. The van der Waals surface area contributed by atoms with Crippen LogP contribution in [-0.2, 0) is 0 Å². The fraction of sp³-hybridized carbons (Fsp3) is 0.125. The van der Waals surface area contributed by atoms with Gasteiger partial charge in [-0.15, -0.1) is 10.2 Å². The van der Waals surface area contributed by atoms with Gasteiger partial charge < -0.3 is 4.74 Å². The number of rotatable bonds is 2. The average Bonchev–Trinajstić information content (AvgIpc) is 2.70. The summed E-state index contributed by atoms with van der Waals surface area (Å²) in [5.41, 5.74) is 4.26. The third kappa shape index (κ3) is 1.60. The summed E-state index contributed by atoms with van der Waals surface area (Å²) in [6.45, 7) is 0. The van der Waals surface area contributed by atoms with Crippen molar-refractivity contribution in [1.29, 1.82) is 0 Å². The molecule has 0 spiro atoms. The van der Waals surface area contributed by atoms with Crippen LogP contribution in [0.4, 0.5) is 0 Å². The Hall–Kier alpha value is -1.43. The summed E-state index contributed by atoms with van der Waals surface area (Å²) >= 11 is 3.37. The normalized spacial score (nSPS) is 13.7. The highest BCUT2D eigenvalue weighted by atomic mass is 79.9. The molecule has 1 aromatic carbocycles. The molecule has 14 heavy (non-hydrogen) atoms. The third-order valence-electron chi connectivity index (χ3n) is 1.73. The fourth-order valence-electron chi connectivity index (χ4n) is 1.07. The Balaban J connectivity index is 2.37. The largest absolute Gasteiger partial charge is 0.496 e. The Kier molecular flexibility index (Phi) is 2.45. The van der Waals surface area contributed by atoms with Crippen LogP contribution < -0.4 is 10.3 Å². The fourth-order valence-corrected chi connectivity index (χ4v) is 1.61. The summed E-state index contributed by atoms with van der Waals surface area (Å²) in [4.78, 5) is 0. The predicted molar refractivity (Wildman–Crippen MR) is 54.2 cm³/mol. The molecule has 0 aromatic heterocycles. The Morgan fingerprint density at radius 1 is 1.36 bits per heavy atom. The van der Waals surface area contributed by atoms with Gasteiger partial charge in [0.15, 0.2) is 0 Å². The number of amidine groups is 1. The van der Waals surface area contributed by atoms with Gasteiger partial charge in [0.1, 0.15) is 5.75 Å². The number of hydrogen-bond donors (Lipinski definition) is 0. The maximum atomic E-state index is 5.10. The number of hydrogen-bond acceptors (Lipinski definition) is 4. The predicted octanol–water partition coefficient (Wildman–Crippen LogP) is 2.10. The van der Waals surface area contributed by atoms with Gasteiger partial charge in [0.05, 0.1) is 11.6 Å². The second kappa shape index (κ2) is 3.75. The lowest BCUT2D eigenvalue weighted by atomic mass is 10.2. The highest BCUT2D eigenvalue weighted by molar-refractivity contribution is 9.10. The third-order valence-corrected chi connectivity index (χ3v) is 2.35. The van der Waals surface area contributed by atoms with Crippen LogP contribution >= 0.6 is 15.9 Å². The summed E-state index contributed by atoms with van der Waals surface area (Å²) in [6.07, 6.45) is 0. The lowest BCUT2D eigenvalue weighted by molar-refractivity contribution is 0.412. The number of methoxy groups -OCH3 is 1. The Morgan fingerprint density at radius 3 is 2.79 bits per heavy atom. The molecule has 0 atom stereocenters. The molecule has 1 aliphatic heterocycles. The molecule has 0 saturated carbocycles. The zero-order chi connectivity index (χ0) is 9.97. The zero-order valence-corrected chi connectivity index (χ0v) is 8.89. The molecule has 0 bridgehead atoms. The summed E-state index contributed by atoms with van der Waals surface area (Å²) in [7, 11) is 1.61. The van der Waals surface area contributed by atoms with Crippen LogP contribution in [0.3, 0.4) is 0 Å². The molecule has 0 N–H and O–H groups in total. The van der Waals surface area contributed by atoms with Crippen LogP contribution in [0.25, 0.3) is 0 Å². The van der Waals surface area contributed by atoms with Gasteiger partial charge in [-0.1, -0.05) is 0 Å². The van der Waals surface area contributed by atoms with Crippen molar-refractivity contribution in [3.05, 3.63) is 28.2 Å². The topological polar surface area (TPSA) is 60.4 Å². The van der Waals surface area contributed by atoms with E-state index in [1.54, 1.807) is 7.11 Å². The van der Waals surface area contributed by atoms with Crippen molar-refractivity contribution in [1.82, 2.24) is 5.53 Å². The van der Waals surface area contributed by atoms with E-state index < -0.39 is 0 Å². The molecule has 0 fully saturated rings. The van der Waals surface area contributed by atoms with Gasteiger partial charge in [0.25, 0.3) is 0 Å². The maximum absolute atomic E-state index is 5.10. The second-order valence-corrected chi connectivity index (χ2v) is 3.41. The van der Waals surface area contributed by atoms with E-state index in [-0.39, 0.29) is 0 Å². The monoisotopic (exact) mass is 253 g/mol. The number of ether oxygens (including phenoxy) is 1. The van der Waals surface area contributed by atoms with Crippen molar-refractivity contribution in [2.45, 2.75) is 0 Å². The molecular weight excluding hydrogens is 248 g/mol. The van der Waals surface area contributed by atoms with Crippen molar-refractivity contribution in [2.75, 3.05) is 7.11 Å². The maximum Gasteiger partial charge on any atom is 0.207 e. The van der Waals surface area contributed by atoms with Crippen LogP contribution in [0, 0.1) is 0 Å². The molecule has 71 valence electrons. The van der Waals surface area contributed by atoms with Gasteiger partial charge >= 0.3 is 0 Å². The molecule has 6 heteroatoms. The smallest absolute Gasteiger partial charge is 0.207 e. The van der Waals surface area contributed by atoms with Gasteiger partial charge in [0.2, 0.25) is 5.84 Å². The second-order valence-electron chi connectivity index (χ2n) is 2.55. The van der Waals surface area contributed by atoms with E-state index >= 15 is 0 Å². The highest BCUT2D eigenvalue weighted by Crippen LogP contribution is 2.26. The SMILES string of the molecule is COc1ccc(C2=N[N]N=N2)cc1Br. The molecule has 0 unspecified atom stereocenters. The molecule has 1 radical (unpaired) electrons. The van der Waals surface area contributed by atoms with E-state index in [4.69, 9.17) is 4.74 Å². The molecule has 0 saturated heterocycles. The zero-order valence-electron chi connectivity index (χ0n) is 7.31. The van der Waals surface area contributed by atoms with Crippen LogP contribution in [-0.4, -0.2) is 12.9 Å². The van der Waals surface area contributed by atoms with Crippen LogP contribution in [0.15, 0.2) is 38.1 Å². The molecule has 1 heterocycles. The minimum Gasteiger partial charge on any atom is -0.496 e. The van der Waals surface area contributed by atoms with E-state index in [2.05, 4.69) is 36.9 Å². The first kappa shape index (κ1) is 9.14. The number of halogens is 1. The van der Waals surface area contributed by atoms with Gasteiger partial charge in [-0.3, -0.25) is 0 Å². The first-order valence-corrected chi connectivity index (χ1v) is 4.63. The average molecular weight is 254 g/mol. The van der Waals surface area contributed by atoms with Crippen LogP contribution in [0.5, 0.6) is 5.75 Å². The van der Waals surface area contributed by atoms with Crippen LogP contribution in [0.2, 0.25) is 0 Å². The Morgan fingerprint density at radius 2 is 2.21 bits per heavy atom. The van der Waals surface area contributed by atoms with E-state index in [1.807, 2.05) is 18.2 Å². The quantitative estimate of drug-likeness (QED) is 0.797. The minimum atomic E-state index is 0.508. The molecule has 0 amide bonds. The van der Waals surface area contributed by atoms with Crippen molar-refractivity contribution in [3.63, 3.8) is 0 Å². The molecule has 2 rings (SSSR count). The van der Waals surface area contributed by atoms with Crippen molar-refractivity contribution in [2.24, 2.45) is 15.4 Å². The summed E-state index contributed by atoms with van der Waals surface area (Å²) in [6, 6.07) is 5.54. The molecule has 1 aliphatic rings. The van der Waals surface area contributed by atoms with E-state index in [9.17, 15) is 0 Å². The van der Waals surface area contributed by atoms with Crippen molar-refractivity contribution in [3.8, 4) is 5.75 Å². The summed E-state index contributed by atoms with van der Waals surface area (Å²) in [5.74, 6) is 1.27. The summed E-state index contributed by atoms with van der Waals surface area (Å²) < 4.78 is 5.95. The first-order valence-electron chi connectivity index (χ1n) is 3.84. The van der Waals surface area contributed by atoms with Gasteiger partial charge in [-0.05, 0) is 44.9 Å². The van der Waals surface area contributed by atoms with E-state index in [0.717, 1.165) is 15.8 Å². The Bertz CT molecular complexity index is 416. The van der Waals surface area contributed by atoms with Gasteiger partial charge in [-0.25, -0.2) is 0 Å². The van der Waals surface area contributed by atoms with E-state index in [1.165, 1.54) is 0 Å². The number of benzene rings is 1. The highest BCUT2D eigenvalue weighted by Gasteiger charge is 2.09. The van der Waals surface area contributed by atoms with Crippen molar-refractivity contribution < 1.29 is 4.74 Å². The lowest BCUT2D eigenvalue weighted by Gasteiger charge is -2.03. The van der Waals surface area contributed by atoms with Gasteiger partial charge in [0, 0.05) is 5.56 Å². The molecule has 5 nitrogen and oxygen atoms in total. The summed E-state index contributed by atoms with van der Waals surface area (Å²) in [5, 5.41) is 10.9. The standard InChI is InChI=1S/C8H6BrN4O/c1-14-7-3-2-5(4-6(7)9)8-10-12-13-11-8/h2-4H,1H3. The van der Waals surface area contributed by atoms with Crippen molar-refractivity contribution >= 4 is 21.8 Å². The molecular formula is C8H6BrN4O. The first-order chi connectivity index (χ1) is 6.81. The molecule has 0 aliphatic carbocycles.